The summed E-state index contributed by atoms with van der Waals surface area (Å²) in [6.07, 6.45) is 0. The van der Waals surface area contributed by atoms with E-state index in [1.54, 1.807) is 6.07 Å². The lowest BCUT2D eigenvalue weighted by Crippen LogP contribution is -2.14. The quantitative estimate of drug-likeness (QED) is 0.889. The van der Waals surface area contributed by atoms with Gasteiger partial charge < -0.3 is 10.4 Å². The molecule has 0 aromatic heterocycles. The maximum atomic E-state index is 9.62. The highest BCUT2D eigenvalue weighted by atomic mass is 79.9. The molecule has 0 bridgehead atoms. The summed E-state index contributed by atoms with van der Waals surface area (Å²) >= 11 is 14.8. The lowest BCUT2D eigenvalue weighted by atomic mass is 10.2. The van der Waals surface area contributed by atoms with Gasteiger partial charge in [0.25, 0.3) is 0 Å². The summed E-state index contributed by atoms with van der Waals surface area (Å²) in [4.78, 5) is 0. The average molecular weight is 311 g/mol. The first-order chi connectivity index (χ1) is 7.00. The molecule has 0 aliphatic carbocycles. The van der Waals surface area contributed by atoms with Crippen molar-refractivity contribution >= 4 is 39.1 Å². The Bertz CT molecular complexity index is 382. The standard InChI is InChI=1S/C10H10BrCl2NO/c1-6(11)4-14-5-7-2-8(12)3-9(13)10(7)15/h2-3,14-15H,1,4-5H2. The van der Waals surface area contributed by atoms with E-state index in [0.717, 1.165) is 4.48 Å². The SMILES string of the molecule is C=C(Br)CNCc1cc(Cl)cc(Cl)c1O. The van der Waals surface area contributed by atoms with Crippen molar-refractivity contribution < 1.29 is 5.11 Å². The van der Waals surface area contributed by atoms with E-state index in [1.807, 2.05) is 0 Å². The van der Waals surface area contributed by atoms with Crippen molar-refractivity contribution in [2.45, 2.75) is 6.54 Å². The van der Waals surface area contributed by atoms with Crippen LogP contribution in [-0.4, -0.2) is 11.7 Å². The molecule has 1 aromatic rings. The Morgan fingerprint density at radius 2 is 2.13 bits per heavy atom. The average Bonchev–Trinajstić information content (AvgIpc) is 2.12. The molecule has 0 aliphatic heterocycles. The molecule has 0 fully saturated rings. The zero-order chi connectivity index (χ0) is 11.4. The smallest absolute Gasteiger partial charge is 0.138 e. The second kappa shape index (κ2) is 5.75. The molecule has 15 heavy (non-hydrogen) atoms. The molecular formula is C10H10BrCl2NO. The fourth-order valence-corrected chi connectivity index (χ4v) is 1.82. The fourth-order valence-electron chi connectivity index (χ4n) is 1.09. The van der Waals surface area contributed by atoms with Crippen LogP contribution in [0.2, 0.25) is 10.0 Å². The van der Waals surface area contributed by atoms with Gasteiger partial charge in [-0.25, -0.2) is 0 Å². The predicted molar refractivity (Wildman–Crippen MR) is 67.9 cm³/mol. The Kier molecular flexibility index (Phi) is 4.93. The molecule has 82 valence electrons. The van der Waals surface area contributed by atoms with Crippen LogP contribution in [0.3, 0.4) is 0 Å². The molecule has 5 heteroatoms. The van der Waals surface area contributed by atoms with Crippen molar-refractivity contribution in [2.75, 3.05) is 6.54 Å². The molecule has 0 amide bonds. The zero-order valence-electron chi connectivity index (χ0n) is 7.86. The van der Waals surface area contributed by atoms with Crippen LogP contribution in [-0.2, 0) is 6.54 Å². The Labute approximate surface area is 107 Å². The van der Waals surface area contributed by atoms with Crippen molar-refractivity contribution in [2.24, 2.45) is 0 Å². The number of hydrogen-bond donors (Lipinski definition) is 2. The van der Waals surface area contributed by atoms with Crippen LogP contribution >= 0.6 is 39.1 Å². The van der Waals surface area contributed by atoms with E-state index in [9.17, 15) is 5.11 Å². The lowest BCUT2D eigenvalue weighted by Gasteiger charge is -2.08. The molecule has 0 atom stereocenters. The Balaban J connectivity index is 2.72. The molecular weight excluding hydrogens is 301 g/mol. The summed E-state index contributed by atoms with van der Waals surface area (Å²) in [6.45, 7) is 4.78. The topological polar surface area (TPSA) is 32.3 Å². The third-order valence-corrected chi connectivity index (χ3v) is 2.53. The number of benzene rings is 1. The van der Waals surface area contributed by atoms with Gasteiger partial charge in [-0.1, -0.05) is 45.7 Å². The highest BCUT2D eigenvalue weighted by molar-refractivity contribution is 9.11. The Hall–Kier alpha value is -0.220. The van der Waals surface area contributed by atoms with Gasteiger partial charge in [0.05, 0.1) is 5.02 Å². The summed E-state index contributed by atoms with van der Waals surface area (Å²) in [6, 6.07) is 3.18. The monoisotopic (exact) mass is 309 g/mol. The van der Waals surface area contributed by atoms with Crippen LogP contribution in [0, 0.1) is 0 Å². The largest absolute Gasteiger partial charge is 0.506 e. The van der Waals surface area contributed by atoms with E-state index in [0.29, 0.717) is 23.7 Å². The third-order valence-electron chi connectivity index (χ3n) is 1.74. The van der Waals surface area contributed by atoms with Crippen molar-refractivity contribution in [1.82, 2.24) is 5.32 Å². The summed E-state index contributed by atoms with van der Waals surface area (Å²) < 4.78 is 0.843. The van der Waals surface area contributed by atoms with Crippen LogP contribution < -0.4 is 5.32 Å². The van der Waals surface area contributed by atoms with E-state index in [-0.39, 0.29) is 10.8 Å². The van der Waals surface area contributed by atoms with Gasteiger partial charge in [0.1, 0.15) is 5.75 Å². The Morgan fingerprint density at radius 3 is 2.73 bits per heavy atom. The summed E-state index contributed by atoms with van der Waals surface area (Å²) in [5.41, 5.74) is 0.668. The van der Waals surface area contributed by atoms with Crippen LogP contribution in [0.15, 0.2) is 23.2 Å². The first-order valence-corrected chi connectivity index (χ1v) is 5.76. The van der Waals surface area contributed by atoms with E-state index in [1.165, 1.54) is 6.07 Å². The molecule has 1 rings (SSSR count). The normalized spacial score (nSPS) is 10.3. The highest BCUT2D eigenvalue weighted by Crippen LogP contribution is 2.30. The van der Waals surface area contributed by atoms with Crippen molar-refractivity contribution in [3.05, 3.63) is 38.8 Å². The van der Waals surface area contributed by atoms with Gasteiger partial charge in [-0.2, -0.15) is 0 Å². The van der Waals surface area contributed by atoms with Crippen LogP contribution in [0.5, 0.6) is 5.75 Å². The van der Waals surface area contributed by atoms with E-state index in [4.69, 9.17) is 23.2 Å². The van der Waals surface area contributed by atoms with Gasteiger partial charge in [-0.05, 0) is 12.1 Å². The summed E-state index contributed by atoms with van der Waals surface area (Å²) in [5, 5.41) is 13.5. The predicted octanol–water partition coefficient (Wildman–Crippen LogP) is 3.70. The van der Waals surface area contributed by atoms with Gasteiger partial charge >= 0.3 is 0 Å². The molecule has 0 spiro atoms. The first kappa shape index (κ1) is 12.8. The summed E-state index contributed by atoms with van der Waals surface area (Å²) in [5.74, 6) is 0.0637. The van der Waals surface area contributed by atoms with Gasteiger partial charge in [-0.3, -0.25) is 0 Å². The van der Waals surface area contributed by atoms with Gasteiger partial charge in [0.2, 0.25) is 0 Å². The maximum absolute atomic E-state index is 9.62. The maximum Gasteiger partial charge on any atom is 0.138 e. The minimum Gasteiger partial charge on any atom is -0.506 e. The summed E-state index contributed by atoms with van der Waals surface area (Å²) in [7, 11) is 0. The molecule has 1 aromatic carbocycles. The molecule has 0 saturated heterocycles. The minimum atomic E-state index is 0.0637. The van der Waals surface area contributed by atoms with Crippen LogP contribution in [0.1, 0.15) is 5.56 Å². The Morgan fingerprint density at radius 1 is 1.47 bits per heavy atom. The zero-order valence-corrected chi connectivity index (χ0v) is 11.0. The van der Waals surface area contributed by atoms with E-state index in [2.05, 4.69) is 27.8 Å². The number of phenolic OH excluding ortho intramolecular Hbond substituents is 1. The van der Waals surface area contributed by atoms with Gasteiger partial charge in [0, 0.05) is 28.2 Å². The molecule has 0 radical (unpaired) electrons. The highest BCUT2D eigenvalue weighted by Gasteiger charge is 2.07. The molecule has 0 heterocycles. The van der Waals surface area contributed by atoms with Crippen molar-refractivity contribution in [3.63, 3.8) is 0 Å². The number of hydrogen-bond acceptors (Lipinski definition) is 2. The number of halogens is 3. The lowest BCUT2D eigenvalue weighted by molar-refractivity contribution is 0.466. The molecule has 2 N–H and O–H groups in total. The van der Waals surface area contributed by atoms with E-state index < -0.39 is 0 Å². The minimum absolute atomic E-state index is 0.0637. The molecule has 0 aliphatic rings. The molecule has 2 nitrogen and oxygen atoms in total. The second-order valence-corrected chi connectivity index (χ2v) is 4.98. The second-order valence-electron chi connectivity index (χ2n) is 3.02. The van der Waals surface area contributed by atoms with Crippen molar-refractivity contribution in [1.29, 1.82) is 0 Å². The van der Waals surface area contributed by atoms with E-state index >= 15 is 0 Å². The number of phenols is 1. The number of rotatable bonds is 4. The van der Waals surface area contributed by atoms with Gasteiger partial charge in [0.15, 0.2) is 0 Å². The molecule has 0 saturated carbocycles. The van der Waals surface area contributed by atoms with Crippen LogP contribution in [0.25, 0.3) is 0 Å². The third kappa shape index (κ3) is 4.03. The van der Waals surface area contributed by atoms with Crippen molar-refractivity contribution in [3.8, 4) is 5.75 Å². The number of aromatic hydroxyl groups is 1. The van der Waals surface area contributed by atoms with Crippen LogP contribution in [0.4, 0.5) is 0 Å². The molecule has 0 unspecified atom stereocenters. The fraction of sp³-hybridized carbons (Fsp3) is 0.200. The van der Waals surface area contributed by atoms with Gasteiger partial charge in [-0.15, -0.1) is 0 Å². The number of nitrogens with one attached hydrogen (secondary N) is 1. The first-order valence-electron chi connectivity index (χ1n) is 4.21.